The number of fused-ring (bicyclic) bond motifs is 1. The van der Waals surface area contributed by atoms with Gasteiger partial charge in [-0.15, -0.1) is 0 Å². The van der Waals surface area contributed by atoms with Crippen LogP contribution in [0.15, 0.2) is 34.1 Å². The number of nitrogen functional groups attached to an aromatic ring is 1. The lowest BCUT2D eigenvalue weighted by Gasteiger charge is -2.34. The number of nitrogens with one attached hydrogen (secondary N) is 3. The molecule has 0 spiro atoms. The number of hydrogen-bond donors (Lipinski definition) is 6. The number of ether oxygens (including phenoxy) is 1. The molecule has 1 amide bonds. The number of H-pyrrole nitrogens is 1. The highest BCUT2D eigenvalue weighted by atomic mass is 16.5. The third-order valence-corrected chi connectivity index (χ3v) is 5.24. The summed E-state index contributed by atoms with van der Waals surface area (Å²) >= 11 is 0. The molecule has 1 aromatic carbocycles. The normalized spacial score (nSPS) is 16.0. The number of carboxylic acids is 2. The summed E-state index contributed by atoms with van der Waals surface area (Å²) in [4.78, 5) is 57.9. The Balaban J connectivity index is 1.70. The fourth-order valence-corrected chi connectivity index (χ4v) is 3.51. The van der Waals surface area contributed by atoms with E-state index in [2.05, 4.69) is 25.6 Å². The lowest BCUT2D eigenvalue weighted by Crippen LogP contribution is -2.50. The number of carboxylic acid groups (broad SMARTS) is 2. The van der Waals surface area contributed by atoms with E-state index in [1.54, 1.807) is 24.3 Å². The standard InChI is InChI=1S/C21H25N7O7/c1-35-19(25-14(20(33)34)6-7-15(30)31)11-2-4-12(5-3-11)23-8-13-9-24-17-16(28(13)10-29)18(32)27-21(22)26-17/h2-5,10,13-14,23H,6-9H2,1H3,(H,30,31)(H,33,34)(H4,22,24,26,27,32). The van der Waals surface area contributed by atoms with E-state index < -0.39 is 29.6 Å². The van der Waals surface area contributed by atoms with Crippen molar-refractivity contribution in [3.8, 4) is 0 Å². The topological polar surface area (TPSA) is 212 Å². The monoisotopic (exact) mass is 487 g/mol. The van der Waals surface area contributed by atoms with Gasteiger partial charge in [0.1, 0.15) is 0 Å². The zero-order chi connectivity index (χ0) is 25.5. The molecule has 7 N–H and O–H groups in total. The fraction of sp³-hybridized carbons (Fsp3) is 0.333. The van der Waals surface area contributed by atoms with Crippen molar-refractivity contribution in [2.24, 2.45) is 4.99 Å². The van der Waals surface area contributed by atoms with Gasteiger partial charge in [-0.3, -0.25) is 19.4 Å². The first-order chi connectivity index (χ1) is 16.7. The smallest absolute Gasteiger partial charge is 0.328 e. The van der Waals surface area contributed by atoms with Gasteiger partial charge in [-0.1, -0.05) is 0 Å². The molecule has 1 aliphatic rings. The van der Waals surface area contributed by atoms with E-state index in [4.69, 9.17) is 15.6 Å². The molecule has 0 aliphatic carbocycles. The van der Waals surface area contributed by atoms with E-state index in [1.807, 2.05) is 0 Å². The van der Waals surface area contributed by atoms with E-state index in [-0.39, 0.29) is 36.2 Å². The molecule has 3 rings (SSSR count). The number of aromatic amines is 1. The lowest BCUT2D eigenvalue weighted by molar-refractivity contribution is -0.139. The minimum atomic E-state index is -1.26. The Hall–Kier alpha value is -4.62. The first-order valence-corrected chi connectivity index (χ1v) is 10.5. The van der Waals surface area contributed by atoms with Crippen molar-refractivity contribution in [1.29, 1.82) is 0 Å². The fourth-order valence-electron chi connectivity index (χ4n) is 3.51. The number of nitrogens with two attached hydrogens (primary N) is 1. The Morgan fingerprint density at radius 1 is 1.37 bits per heavy atom. The van der Waals surface area contributed by atoms with Crippen molar-refractivity contribution in [2.75, 3.05) is 41.5 Å². The first kappa shape index (κ1) is 25.0. The highest BCUT2D eigenvalue weighted by Crippen LogP contribution is 2.25. The minimum Gasteiger partial charge on any atom is -0.481 e. The summed E-state index contributed by atoms with van der Waals surface area (Å²) in [5.74, 6) is -2.14. The minimum absolute atomic E-state index is 0.0561. The van der Waals surface area contributed by atoms with Crippen LogP contribution in [0.25, 0.3) is 0 Å². The molecule has 0 radical (unpaired) electrons. The van der Waals surface area contributed by atoms with Crippen molar-refractivity contribution in [2.45, 2.75) is 24.9 Å². The van der Waals surface area contributed by atoms with Crippen LogP contribution in [-0.4, -0.2) is 76.7 Å². The molecule has 0 bridgehead atoms. The van der Waals surface area contributed by atoms with Crippen LogP contribution in [0.4, 0.5) is 23.1 Å². The van der Waals surface area contributed by atoms with Gasteiger partial charge >= 0.3 is 11.9 Å². The third-order valence-electron chi connectivity index (χ3n) is 5.24. The highest BCUT2D eigenvalue weighted by Gasteiger charge is 2.29. The second-order valence-electron chi connectivity index (χ2n) is 7.58. The summed E-state index contributed by atoms with van der Waals surface area (Å²) in [7, 11) is 1.34. The van der Waals surface area contributed by atoms with Crippen LogP contribution in [0, 0.1) is 0 Å². The van der Waals surface area contributed by atoms with Gasteiger partial charge < -0.3 is 36.2 Å². The second-order valence-corrected chi connectivity index (χ2v) is 7.58. The molecule has 2 heterocycles. The number of rotatable bonds is 10. The van der Waals surface area contributed by atoms with E-state index in [9.17, 15) is 24.3 Å². The number of carbonyl (C=O) groups is 3. The average molecular weight is 487 g/mol. The quantitative estimate of drug-likeness (QED) is 0.148. The number of benzene rings is 1. The second kappa shape index (κ2) is 11.0. The zero-order valence-electron chi connectivity index (χ0n) is 18.7. The number of carbonyl (C=O) groups excluding carboxylic acids is 1. The van der Waals surface area contributed by atoms with Crippen LogP contribution in [0.3, 0.4) is 0 Å². The maximum Gasteiger partial charge on any atom is 0.328 e. The Morgan fingerprint density at radius 2 is 2.09 bits per heavy atom. The number of aromatic nitrogens is 2. The summed E-state index contributed by atoms with van der Waals surface area (Å²) in [6.45, 7) is 0.635. The summed E-state index contributed by atoms with van der Waals surface area (Å²) in [5.41, 5.74) is 6.29. The number of nitrogens with zero attached hydrogens (tertiary/aromatic N) is 3. The molecule has 0 saturated heterocycles. The maximum absolute atomic E-state index is 12.3. The number of hydrogen-bond acceptors (Lipinski definition) is 10. The van der Waals surface area contributed by atoms with Gasteiger partial charge in [-0.2, -0.15) is 4.98 Å². The van der Waals surface area contributed by atoms with Crippen LogP contribution in [0.2, 0.25) is 0 Å². The third kappa shape index (κ3) is 6.04. The van der Waals surface area contributed by atoms with Crippen molar-refractivity contribution >= 4 is 47.4 Å². The number of aliphatic imine (C=N–C) groups is 1. The summed E-state index contributed by atoms with van der Waals surface area (Å²) in [5, 5.41) is 24.3. The van der Waals surface area contributed by atoms with Crippen molar-refractivity contribution < 1.29 is 29.3 Å². The van der Waals surface area contributed by atoms with Crippen LogP contribution in [-0.2, 0) is 19.1 Å². The van der Waals surface area contributed by atoms with Crippen molar-refractivity contribution in [3.05, 3.63) is 40.2 Å². The SMILES string of the molecule is COC(=NC(CCC(=O)O)C(=O)O)c1ccc(NCC2CNc3nc(N)[nH]c(=O)c3N2C=O)cc1. The van der Waals surface area contributed by atoms with Crippen molar-refractivity contribution in [3.63, 3.8) is 0 Å². The molecule has 0 fully saturated rings. The van der Waals surface area contributed by atoms with E-state index >= 15 is 0 Å². The van der Waals surface area contributed by atoms with Crippen LogP contribution < -0.4 is 26.8 Å². The van der Waals surface area contributed by atoms with Gasteiger partial charge in [0.15, 0.2) is 17.5 Å². The van der Waals surface area contributed by atoms with E-state index in [0.717, 1.165) is 0 Å². The van der Waals surface area contributed by atoms with Crippen molar-refractivity contribution in [1.82, 2.24) is 9.97 Å². The molecule has 1 aromatic heterocycles. The average Bonchev–Trinajstić information content (AvgIpc) is 2.82. The van der Waals surface area contributed by atoms with Crippen LogP contribution in [0.1, 0.15) is 18.4 Å². The molecular weight excluding hydrogens is 462 g/mol. The molecule has 0 saturated carbocycles. The summed E-state index contributed by atoms with van der Waals surface area (Å²) in [6.07, 6.45) is 0.0502. The van der Waals surface area contributed by atoms with E-state index in [0.29, 0.717) is 30.8 Å². The number of anilines is 4. The summed E-state index contributed by atoms with van der Waals surface area (Å²) in [6, 6.07) is 5.08. The van der Waals surface area contributed by atoms with Gasteiger partial charge in [0, 0.05) is 30.8 Å². The molecule has 2 atom stereocenters. The van der Waals surface area contributed by atoms with Gasteiger partial charge in [0.05, 0.1) is 13.2 Å². The molecule has 2 unspecified atom stereocenters. The predicted molar refractivity (Wildman–Crippen MR) is 127 cm³/mol. The Bertz CT molecular complexity index is 1180. The largest absolute Gasteiger partial charge is 0.481 e. The molecule has 186 valence electrons. The highest BCUT2D eigenvalue weighted by molar-refractivity contribution is 5.96. The molecule has 35 heavy (non-hydrogen) atoms. The molecular formula is C21H25N7O7. The van der Waals surface area contributed by atoms with Gasteiger partial charge in [-0.05, 0) is 30.7 Å². The van der Waals surface area contributed by atoms with Gasteiger partial charge in [0.2, 0.25) is 18.3 Å². The van der Waals surface area contributed by atoms with Gasteiger partial charge in [0.25, 0.3) is 5.56 Å². The number of amides is 1. The van der Waals surface area contributed by atoms with Crippen LogP contribution >= 0.6 is 0 Å². The molecule has 1 aliphatic heterocycles. The molecule has 14 nitrogen and oxygen atoms in total. The van der Waals surface area contributed by atoms with Crippen LogP contribution in [0.5, 0.6) is 0 Å². The maximum atomic E-state index is 12.3. The Kier molecular flexibility index (Phi) is 7.86. The number of methoxy groups -OCH3 is 1. The van der Waals surface area contributed by atoms with E-state index in [1.165, 1.54) is 12.0 Å². The zero-order valence-corrected chi connectivity index (χ0v) is 18.7. The van der Waals surface area contributed by atoms with Gasteiger partial charge in [-0.25, -0.2) is 9.79 Å². The Morgan fingerprint density at radius 3 is 2.69 bits per heavy atom. The number of aliphatic carboxylic acids is 2. The summed E-state index contributed by atoms with van der Waals surface area (Å²) < 4.78 is 5.22. The first-order valence-electron chi connectivity index (χ1n) is 10.5. The molecule has 2 aromatic rings. The predicted octanol–water partition coefficient (Wildman–Crippen LogP) is -0.0679. The Labute approximate surface area is 198 Å². The molecule has 14 heteroatoms. The lowest BCUT2D eigenvalue weighted by atomic mass is 10.1.